The molecule has 128 valence electrons. The Morgan fingerprint density at radius 1 is 1.33 bits per heavy atom. The van der Waals surface area contributed by atoms with Crippen LogP contribution in [0.3, 0.4) is 0 Å². The van der Waals surface area contributed by atoms with Crippen molar-refractivity contribution in [2.24, 2.45) is 0 Å². The van der Waals surface area contributed by atoms with Crippen molar-refractivity contribution in [2.75, 3.05) is 13.1 Å². The first-order chi connectivity index (χ1) is 11.6. The fourth-order valence-corrected chi connectivity index (χ4v) is 4.32. The summed E-state index contributed by atoms with van der Waals surface area (Å²) in [5.74, 6) is 2.65. The van der Waals surface area contributed by atoms with E-state index in [1.165, 1.54) is 18.4 Å². The van der Waals surface area contributed by atoms with Crippen molar-refractivity contribution < 1.29 is 9.32 Å². The third-order valence-corrected chi connectivity index (χ3v) is 5.85. The van der Waals surface area contributed by atoms with E-state index in [0.29, 0.717) is 18.4 Å². The van der Waals surface area contributed by atoms with Crippen molar-refractivity contribution in [3.63, 3.8) is 0 Å². The molecule has 6 heteroatoms. The second-order valence-electron chi connectivity index (χ2n) is 7.22. The summed E-state index contributed by atoms with van der Waals surface area (Å²) in [5, 5.41) is 6.20. The van der Waals surface area contributed by atoms with E-state index < -0.39 is 0 Å². The number of piperidine rings is 1. The quantitative estimate of drug-likeness (QED) is 0.835. The molecular formula is C18H23N3O2S. The van der Waals surface area contributed by atoms with Crippen LogP contribution < -0.4 is 0 Å². The molecular weight excluding hydrogens is 322 g/mol. The van der Waals surface area contributed by atoms with Gasteiger partial charge in [-0.05, 0) is 48.6 Å². The SMILES string of the molecule is CC(C)c1nc([C@H]2CCCN(C(=O)c3sccc3C3CC3)C2)no1. The highest BCUT2D eigenvalue weighted by atomic mass is 32.1. The molecule has 1 aliphatic heterocycles. The highest BCUT2D eigenvalue weighted by Crippen LogP contribution is 2.43. The van der Waals surface area contributed by atoms with Crippen LogP contribution in [0.2, 0.25) is 0 Å². The molecule has 1 saturated carbocycles. The Morgan fingerprint density at radius 3 is 2.88 bits per heavy atom. The first-order valence-corrected chi connectivity index (χ1v) is 9.71. The number of hydrogen-bond donors (Lipinski definition) is 0. The Morgan fingerprint density at radius 2 is 2.17 bits per heavy atom. The number of hydrogen-bond acceptors (Lipinski definition) is 5. The predicted molar refractivity (Wildman–Crippen MR) is 92.6 cm³/mol. The minimum absolute atomic E-state index is 0.184. The van der Waals surface area contributed by atoms with Crippen molar-refractivity contribution in [3.05, 3.63) is 33.6 Å². The molecule has 0 unspecified atom stereocenters. The fraction of sp³-hybridized carbons (Fsp3) is 0.611. The van der Waals surface area contributed by atoms with Crippen molar-refractivity contribution in [1.82, 2.24) is 15.0 Å². The van der Waals surface area contributed by atoms with Crippen LogP contribution in [0.1, 0.15) is 84.2 Å². The van der Waals surface area contributed by atoms with Gasteiger partial charge in [0.25, 0.3) is 5.91 Å². The van der Waals surface area contributed by atoms with Gasteiger partial charge in [0.05, 0.1) is 4.88 Å². The molecule has 5 nitrogen and oxygen atoms in total. The van der Waals surface area contributed by atoms with E-state index in [2.05, 4.69) is 21.6 Å². The van der Waals surface area contributed by atoms with Gasteiger partial charge in [-0.1, -0.05) is 19.0 Å². The van der Waals surface area contributed by atoms with Gasteiger partial charge in [-0.25, -0.2) is 0 Å². The van der Waals surface area contributed by atoms with Gasteiger partial charge in [0.1, 0.15) is 0 Å². The van der Waals surface area contributed by atoms with Crippen LogP contribution in [0.5, 0.6) is 0 Å². The van der Waals surface area contributed by atoms with E-state index >= 15 is 0 Å². The topological polar surface area (TPSA) is 59.2 Å². The zero-order chi connectivity index (χ0) is 16.7. The van der Waals surface area contributed by atoms with Crippen LogP contribution in [0.15, 0.2) is 16.0 Å². The Bertz CT molecular complexity index is 732. The number of carbonyl (C=O) groups is 1. The average Bonchev–Trinajstić information content (AvgIpc) is 3.13. The molecule has 1 aliphatic carbocycles. The number of amides is 1. The highest BCUT2D eigenvalue weighted by Gasteiger charge is 2.33. The molecule has 24 heavy (non-hydrogen) atoms. The molecule has 0 radical (unpaired) electrons. The molecule has 2 fully saturated rings. The van der Waals surface area contributed by atoms with Gasteiger partial charge < -0.3 is 9.42 Å². The van der Waals surface area contributed by atoms with Crippen LogP contribution >= 0.6 is 11.3 Å². The molecule has 1 amide bonds. The van der Waals surface area contributed by atoms with E-state index in [0.717, 1.165) is 30.1 Å². The van der Waals surface area contributed by atoms with Gasteiger partial charge in [-0.3, -0.25) is 4.79 Å². The summed E-state index contributed by atoms with van der Waals surface area (Å²) < 4.78 is 5.34. The van der Waals surface area contributed by atoms with Gasteiger partial charge >= 0.3 is 0 Å². The van der Waals surface area contributed by atoms with E-state index in [1.54, 1.807) is 11.3 Å². The molecule has 0 aromatic carbocycles. The fourth-order valence-electron chi connectivity index (χ4n) is 3.37. The van der Waals surface area contributed by atoms with E-state index in [-0.39, 0.29) is 17.7 Å². The molecule has 3 heterocycles. The number of thiophene rings is 1. The first kappa shape index (κ1) is 15.8. The summed E-state index contributed by atoms with van der Waals surface area (Å²) in [6, 6.07) is 2.13. The third kappa shape index (κ3) is 2.99. The molecule has 2 aliphatic rings. The number of rotatable bonds is 4. The van der Waals surface area contributed by atoms with Gasteiger partial charge in [0.15, 0.2) is 5.82 Å². The molecule has 1 saturated heterocycles. The Labute approximate surface area is 146 Å². The summed E-state index contributed by atoms with van der Waals surface area (Å²) in [6.45, 7) is 5.61. The number of nitrogens with zero attached hydrogens (tertiary/aromatic N) is 3. The molecule has 4 rings (SSSR count). The Balaban J connectivity index is 1.49. The first-order valence-electron chi connectivity index (χ1n) is 8.83. The maximum atomic E-state index is 13.0. The highest BCUT2D eigenvalue weighted by molar-refractivity contribution is 7.12. The van der Waals surface area contributed by atoms with Crippen molar-refractivity contribution in [3.8, 4) is 0 Å². The number of likely N-dealkylation sites (tertiary alicyclic amines) is 1. The Hall–Kier alpha value is -1.69. The normalized spacial score (nSPS) is 21.5. The van der Waals surface area contributed by atoms with Gasteiger partial charge in [0.2, 0.25) is 5.89 Å². The molecule has 2 aromatic rings. The second kappa shape index (κ2) is 6.31. The van der Waals surface area contributed by atoms with Gasteiger partial charge in [-0.15, -0.1) is 11.3 Å². The van der Waals surface area contributed by atoms with Gasteiger partial charge in [0, 0.05) is 24.9 Å². The molecule has 0 bridgehead atoms. The smallest absolute Gasteiger partial charge is 0.264 e. The largest absolute Gasteiger partial charge is 0.339 e. The van der Waals surface area contributed by atoms with Crippen LogP contribution in [-0.2, 0) is 0 Å². The van der Waals surface area contributed by atoms with Crippen LogP contribution in [-0.4, -0.2) is 34.0 Å². The number of aromatic nitrogens is 2. The summed E-state index contributed by atoms with van der Waals surface area (Å²) in [6.07, 6.45) is 4.45. The lowest BCUT2D eigenvalue weighted by molar-refractivity contribution is 0.0707. The third-order valence-electron chi connectivity index (χ3n) is 4.93. The zero-order valence-electron chi connectivity index (χ0n) is 14.2. The zero-order valence-corrected chi connectivity index (χ0v) is 15.0. The summed E-state index contributed by atoms with van der Waals surface area (Å²) in [4.78, 5) is 20.4. The van der Waals surface area contributed by atoms with Crippen LogP contribution in [0.4, 0.5) is 0 Å². The van der Waals surface area contributed by atoms with Crippen molar-refractivity contribution in [2.45, 2.75) is 57.3 Å². The minimum atomic E-state index is 0.184. The van der Waals surface area contributed by atoms with E-state index in [1.807, 2.05) is 18.7 Å². The Kier molecular flexibility index (Phi) is 4.16. The van der Waals surface area contributed by atoms with Crippen molar-refractivity contribution in [1.29, 1.82) is 0 Å². The van der Waals surface area contributed by atoms with E-state index in [9.17, 15) is 4.79 Å². The molecule has 0 N–H and O–H groups in total. The maximum absolute atomic E-state index is 13.0. The molecule has 0 spiro atoms. The average molecular weight is 345 g/mol. The second-order valence-corrected chi connectivity index (χ2v) is 8.13. The van der Waals surface area contributed by atoms with Crippen LogP contribution in [0, 0.1) is 0 Å². The summed E-state index contributed by atoms with van der Waals surface area (Å²) in [5.41, 5.74) is 1.26. The summed E-state index contributed by atoms with van der Waals surface area (Å²) in [7, 11) is 0. The maximum Gasteiger partial charge on any atom is 0.264 e. The predicted octanol–water partition coefficient (Wildman–Crippen LogP) is 4.15. The lowest BCUT2D eigenvalue weighted by Gasteiger charge is -2.31. The van der Waals surface area contributed by atoms with Crippen molar-refractivity contribution >= 4 is 17.2 Å². The minimum Gasteiger partial charge on any atom is -0.339 e. The van der Waals surface area contributed by atoms with Gasteiger partial charge in [-0.2, -0.15) is 4.98 Å². The summed E-state index contributed by atoms with van der Waals surface area (Å²) >= 11 is 1.58. The molecule has 1 atom stereocenters. The van der Waals surface area contributed by atoms with Crippen LogP contribution in [0.25, 0.3) is 0 Å². The molecule has 2 aromatic heterocycles. The lowest BCUT2D eigenvalue weighted by atomic mass is 9.97. The monoisotopic (exact) mass is 345 g/mol. The van der Waals surface area contributed by atoms with E-state index in [4.69, 9.17) is 4.52 Å². The number of carbonyl (C=O) groups excluding carboxylic acids is 1. The lowest BCUT2D eigenvalue weighted by Crippen LogP contribution is -2.39. The standard InChI is InChI=1S/C18H23N3O2S/c1-11(2)17-19-16(20-23-17)13-4-3-8-21(10-13)18(22)15-14(7-9-24-15)12-5-6-12/h7,9,11-13H,3-6,8,10H2,1-2H3/t13-/m0/s1.